The molecule has 1 saturated heterocycles. The van der Waals surface area contributed by atoms with Crippen LogP contribution in [0.2, 0.25) is 5.02 Å². The van der Waals surface area contributed by atoms with E-state index in [9.17, 15) is 4.79 Å². The molecule has 1 aromatic carbocycles. The number of rotatable bonds is 5. The Morgan fingerprint density at radius 1 is 1.57 bits per heavy atom. The molecule has 0 saturated carbocycles. The Labute approximate surface area is 143 Å². The highest BCUT2D eigenvalue weighted by Gasteiger charge is 2.18. The fourth-order valence-electron chi connectivity index (χ4n) is 2.38. The van der Waals surface area contributed by atoms with E-state index in [0.717, 1.165) is 19.4 Å². The molecule has 1 aromatic heterocycles. The first-order chi connectivity index (χ1) is 11.1. The lowest BCUT2D eigenvalue weighted by Gasteiger charge is -2.15. The van der Waals surface area contributed by atoms with Crippen molar-refractivity contribution >= 4 is 34.5 Å². The lowest BCUT2D eigenvalue weighted by molar-refractivity contribution is 0.0682. The number of thiazole rings is 1. The number of halogens is 1. The zero-order valence-electron chi connectivity index (χ0n) is 12.7. The van der Waals surface area contributed by atoms with E-state index in [4.69, 9.17) is 21.1 Å². The highest BCUT2D eigenvalue weighted by Crippen LogP contribution is 2.30. The number of ether oxygens (including phenoxy) is 2. The van der Waals surface area contributed by atoms with E-state index in [0.29, 0.717) is 33.6 Å². The smallest absolute Gasteiger partial charge is 0.267 e. The molecule has 2 heterocycles. The topological polar surface area (TPSA) is 60.5 Å². The largest absolute Gasteiger partial charge is 0.489 e. The summed E-state index contributed by atoms with van der Waals surface area (Å²) in [5.74, 6) is 0.370. The van der Waals surface area contributed by atoms with Gasteiger partial charge in [-0.3, -0.25) is 4.79 Å². The number of benzene rings is 1. The SMILES string of the molecule is Cc1ncsc1C(=O)Nc1cc(Cl)ccc1OCC1CCCO1. The highest BCUT2D eigenvalue weighted by atomic mass is 35.5. The second kappa shape index (κ2) is 7.29. The Bertz CT molecular complexity index is 698. The van der Waals surface area contributed by atoms with Crippen molar-refractivity contribution in [2.45, 2.75) is 25.9 Å². The monoisotopic (exact) mass is 352 g/mol. The summed E-state index contributed by atoms with van der Waals surface area (Å²) in [5.41, 5.74) is 2.90. The van der Waals surface area contributed by atoms with Gasteiger partial charge >= 0.3 is 0 Å². The molecule has 0 spiro atoms. The number of carbonyl (C=O) groups is 1. The first kappa shape index (κ1) is 16.2. The molecule has 3 rings (SSSR count). The first-order valence-corrected chi connectivity index (χ1v) is 8.64. The molecule has 7 heteroatoms. The Balaban J connectivity index is 1.73. The average molecular weight is 353 g/mol. The van der Waals surface area contributed by atoms with Gasteiger partial charge in [0.05, 0.1) is 23.0 Å². The number of aryl methyl sites for hydroxylation is 1. The fourth-order valence-corrected chi connectivity index (χ4v) is 3.25. The molecule has 23 heavy (non-hydrogen) atoms. The minimum atomic E-state index is -0.214. The van der Waals surface area contributed by atoms with Crippen molar-refractivity contribution in [3.05, 3.63) is 39.3 Å². The number of hydrogen-bond donors (Lipinski definition) is 1. The molecule has 1 unspecified atom stereocenters. The third kappa shape index (κ3) is 4.02. The molecule has 2 aromatic rings. The summed E-state index contributed by atoms with van der Waals surface area (Å²) < 4.78 is 11.4. The third-order valence-corrected chi connectivity index (χ3v) is 4.75. The van der Waals surface area contributed by atoms with Crippen molar-refractivity contribution in [3.8, 4) is 5.75 Å². The van der Waals surface area contributed by atoms with Gasteiger partial charge in [0, 0.05) is 11.6 Å². The van der Waals surface area contributed by atoms with Gasteiger partial charge in [-0.05, 0) is 38.0 Å². The standard InChI is InChI=1S/C16H17ClN2O3S/c1-10-15(23-9-18-10)16(20)19-13-7-11(17)4-5-14(13)22-8-12-3-2-6-21-12/h4-5,7,9,12H,2-3,6,8H2,1H3,(H,19,20). The van der Waals surface area contributed by atoms with Crippen LogP contribution in [-0.2, 0) is 4.74 Å². The molecule has 0 bridgehead atoms. The summed E-state index contributed by atoms with van der Waals surface area (Å²) in [6, 6.07) is 5.17. The van der Waals surface area contributed by atoms with E-state index in [1.165, 1.54) is 11.3 Å². The molecule has 0 radical (unpaired) electrons. The number of anilines is 1. The van der Waals surface area contributed by atoms with Crippen LogP contribution in [0, 0.1) is 6.92 Å². The van der Waals surface area contributed by atoms with Gasteiger partial charge in [-0.2, -0.15) is 0 Å². The van der Waals surface area contributed by atoms with E-state index in [-0.39, 0.29) is 12.0 Å². The summed E-state index contributed by atoms with van der Waals surface area (Å²) in [5, 5.41) is 3.38. The Hall–Kier alpha value is -1.63. The van der Waals surface area contributed by atoms with Gasteiger partial charge < -0.3 is 14.8 Å². The number of carbonyl (C=O) groups excluding carboxylic acids is 1. The molecule has 1 amide bonds. The average Bonchev–Trinajstić information content (AvgIpc) is 3.17. The van der Waals surface area contributed by atoms with Crippen molar-refractivity contribution in [1.82, 2.24) is 4.98 Å². The van der Waals surface area contributed by atoms with Gasteiger partial charge in [-0.1, -0.05) is 11.6 Å². The Morgan fingerprint density at radius 3 is 3.13 bits per heavy atom. The van der Waals surface area contributed by atoms with Gasteiger partial charge in [-0.25, -0.2) is 4.98 Å². The minimum Gasteiger partial charge on any atom is -0.489 e. The van der Waals surface area contributed by atoms with E-state index in [1.807, 2.05) is 0 Å². The van der Waals surface area contributed by atoms with Crippen LogP contribution in [0.3, 0.4) is 0 Å². The van der Waals surface area contributed by atoms with Crippen LogP contribution in [-0.4, -0.2) is 30.2 Å². The molecular weight excluding hydrogens is 336 g/mol. The first-order valence-electron chi connectivity index (χ1n) is 7.39. The van der Waals surface area contributed by atoms with Crippen LogP contribution in [0.1, 0.15) is 28.2 Å². The molecule has 0 aliphatic carbocycles. The summed E-state index contributed by atoms with van der Waals surface area (Å²) in [7, 11) is 0. The molecule has 1 aliphatic rings. The number of aromatic nitrogens is 1. The van der Waals surface area contributed by atoms with Crippen molar-refractivity contribution in [2.24, 2.45) is 0 Å². The van der Waals surface area contributed by atoms with Gasteiger partial charge in [0.15, 0.2) is 0 Å². The van der Waals surface area contributed by atoms with Crippen LogP contribution < -0.4 is 10.1 Å². The van der Waals surface area contributed by atoms with Crippen LogP contribution in [0.15, 0.2) is 23.7 Å². The van der Waals surface area contributed by atoms with E-state index in [2.05, 4.69) is 10.3 Å². The minimum absolute atomic E-state index is 0.109. The van der Waals surface area contributed by atoms with Gasteiger partial charge in [0.1, 0.15) is 17.2 Å². The number of hydrogen-bond acceptors (Lipinski definition) is 5. The van der Waals surface area contributed by atoms with Crippen molar-refractivity contribution < 1.29 is 14.3 Å². The molecular formula is C16H17ClN2O3S. The zero-order chi connectivity index (χ0) is 16.2. The second-order valence-electron chi connectivity index (χ2n) is 5.31. The predicted octanol–water partition coefficient (Wildman–Crippen LogP) is 3.92. The molecule has 122 valence electrons. The molecule has 1 aliphatic heterocycles. The Morgan fingerprint density at radius 2 is 2.43 bits per heavy atom. The lowest BCUT2D eigenvalue weighted by Crippen LogP contribution is -2.18. The summed E-state index contributed by atoms with van der Waals surface area (Å²) >= 11 is 7.35. The van der Waals surface area contributed by atoms with Crippen LogP contribution in [0.5, 0.6) is 5.75 Å². The molecule has 5 nitrogen and oxygen atoms in total. The van der Waals surface area contributed by atoms with Crippen molar-refractivity contribution in [1.29, 1.82) is 0 Å². The molecule has 1 atom stereocenters. The summed E-state index contributed by atoms with van der Waals surface area (Å²) in [6.45, 7) is 3.05. The van der Waals surface area contributed by atoms with E-state index < -0.39 is 0 Å². The van der Waals surface area contributed by atoms with E-state index >= 15 is 0 Å². The number of nitrogens with one attached hydrogen (secondary N) is 1. The van der Waals surface area contributed by atoms with Crippen LogP contribution >= 0.6 is 22.9 Å². The van der Waals surface area contributed by atoms with E-state index in [1.54, 1.807) is 30.6 Å². The van der Waals surface area contributed by atoms with Gasteiger partial charge in [0.2, 0.25) is 0 Å². The quantitative estimate of drug-likeness (QED) is 0.886. The summed E-state index contributed by atoms with van der Waals surface area (Å²) in [4.78, 5) is 17.0. The summed E-state index contributed by atoms with van der Waals surface area (Å²) in [6.07, 6.45) is 2.16. The number of amides is 1. The predicted molar refractivity (Wildman–Crippen MR) is 90.7 cm³/mol. The normalized spacial score (nSPS) is 17.2. The van der Waals surface area contributed by atoms with Crippen LogP contribution in [0.4, 0.5) is 5.69 Å². The second-order valence-corrected chi connectivity index (χ2v) is 6.60. The van der Waals surface area contributed by atoms with Crippen molar-refractivity contribution in [2.75, 3.05) is 18.5 Å². The Kier molecular flexibility index (Phi) is 5.15. The number of nitrogens with zero attached hydrogens (tertiary/aromatic N) is 1. The van der Waals surface area contributed by atoms with Crippen LogP contribution in [0.25, 0.3) is 0 Å². The fraction of sp³-hybridized carbons (Fsp3) is 0.375. The third-order valence-electron chi connectivity index (χ3n) is 3.59. The highest BCUT2D eigenvalue weighted by molar-refractivity contribution is 7.12. The maximum atomic E-state index is 12.4. The van der Waals surface area contributed by atoms with Gasteiger partial charge in [0.25, 0.3) is 5.91 Å². The molecule has 1 fully saturated rings. The van der Waals surface area contributed by atoms with Gasteiger partial charge in [-0.15, -0.1) is 11.3 Å². The maximum absolute atomic E-state index is 12.4. The maximum Gasteiger partial charge on any atom is 0.267 e. The molecule has 1 N–H and O–H groups in total. The lowest BCUT2D eigenvalue weighted by atomic mass is 10.2. The van der Waals surface area contributed by atoms with Crippen molar-refractivity contribution in [3.63, 3.8) is 0 Å². The zero-order valence-corrected chi connectivity index (χ0v) is 14.2.